The van der Waals surface area contributed by atoms with Crippen LogP contribution in [0.5, 0.6) is 0 Å². The molecule has 2 N–H and O–H groups in total. The first-order valence-corrected chi connectivity index (χ1v) is 11.0. The van der Waals surface area contributed by atoms with Gasteiger partial charge < -0.3 is 15.1 Å². The third kappa shape index (κ3) is 5.71. The van der Waals surface area contributed by atoms with Crippen molar-refractivity contribution in [3.63, 3.8) is 0 Å². The minimum Gasteiger partial charge on any atom is -0.468 e. The largest absolute Gasteiger partial charge is 0.468 e. The summed E-state index contributed by atoms with van der Waals surface area (Å²) in [7, 11) is -3.96. The van der Waals surface area contributed by atoms with Crippen LogP contribution in [0.3, 0.4) is 0 Å². The van der Waals surface area contributed by atoms with Crippen LogP contribution in [0.15, 0.2) is 76.2 Å². The molecule has 10 heteroatoms. The second-order valence-electron chi connectivity index (χ2n) is 6.52. The van der Waals surface area contributed by atoms with Gasteiger partial charge in [0.2, 0.25) is 0 Å². The first-order chi connectivity index (χ1) is 14.8. The molecule has 0 saturated carbocycles. The normalized spacial score (nSPS) is 12.2. The Morgan fingerprint density at radius 1 is 0.968 bits per heavy atom. The van der Waals surface area contributed by atoms with Gasteiger partial charge in [-0.3, -0.25) is 9.59 Å². The zero-order chi connectivity index (χ0) is 22.4. The maximum absolute atomic E-state index is 13.1. The quantitative estimate of drug-likeness (QED) is 0.523. The lowest BCUT2D eigenvalue weighted by Crippen LogP contribution is -2.42. The van der Waals surface area contributed by atoms with Gasteiger partial charge in [-0.05, 0) is 54.1 Å². The number of halogens is 2. The van der Waals surface area contributed by atoms with Crippen LogP contribution in [-0.4, -0.2) is 26.8 Å². The summed E-state index contributed by atoms with van der Waals surface area (Å²) >= 11 is 5.83. The van der Waals surface area contributed by atoms with Gasteiger partial charge in [0.15, 0.2) is 9.84 Å². The van der Waals surface area contributed by atoms with Crippen LogP contribution in [0.2, 0.25) is 5.02 Å². The predicted molar refractivity (Wildman–Crippen MR) is 111 cm³/mol. The molecule has 7 nitrogen and oxygen atoms in total. The molecular weight excluding hydrogens is 447 g/mol. The van der Waals surface area contributed by atoms with Crippen LogP contribution in [0.4, 0.5) is 4.39 Å². The van der Waals surface area contributed by atoms with Gasteiger partial charge in [0.25, 0.3) is 0 Å². The molecule has 31 heavy (non-hydrogen) atoms. The van der Waals surface area contributed by atoms with Gasteiger partial charge >= 0.3 is 11.8 Å². The predicted octanol–water partition coefficient (Wildman–Crippen LogP) is 3.02. The SMILES string of the molecule is O=C(NCc1ccc(F)cc1)C(=O)NCC(c1ccco1)S(=O)(=O)c1ccc(Cl)cc1. The molecule has 0 saturated heterocycles. The number of hydrogen-bond donors (Lipinski definition) is 2. The Morgan fingerprint density at radius 3 is 2.23 bits per heavy atom. The number of sulfone groups is 1. The average Bonchev–Trinajstić information content (AvgIpc) is 3.27. The fraction of sp³-hybridized carbons (Fsp3) is 0.143. The maximum Gasteiger partial charge on any atom is 0.309 e. The van der Waals surface area contributed by atoms with E-state index in [4.69, 9.17) is 16.0 Å². The summed E-state index contributed by atoms with van der Waals surface area (Å²) in [6.07, 6.45) is 1.32. The van der Waals surface area contributed by atoms with Crippen molar-refractivity contribution in [3.05, 3.63) is 89.1 Å². The zero-order valence-corrected chi connectivity index (χ0v) is 17.6. The maximum atomic E-state index is 13.1. The first kappa shape index (κ1) is 22.5. The van der Waals surface area contributed by atoms with Gasteiger partial charge in [-0.2, -0.15) is 0 Å². The molecule has 1 atom stereocenters. The Morgan fingerprint density at radius 2 is 1.61 bits per heavy atom. The number of carbonyl (C=O) groups excluding carboxylic acids is 2. The number of furan rings is 1. The number of benzene rings is 2. The summed E-state index contributed by atoms with van der Waals surface area (Å²) in [5, 5.41) is 3.84. The molecule has 162 valence electrons. The lowest BCUT2D eigenvalue weighted by Gasteiger charge is -2.16. The van der Waals surface area contributed by atoms with E-state index in [0.717, 1.165) is 0 Å². The van der Waals surface area contributed by atoms with Crippen molar-refractivity contribution in [2.45, 2.75) is 16.7 Å². The smallest absolute Gasteiger partial charge is 0.309 e. The molecule has 0 radical (unpaired) electrons. The third-order valence-corrected chi connectivity index (χ3v) is 6.73. The summed E-state index contributed by atoms with van der Waals surface area (Å²) in [5.74, 6) is -2.27. The highest BCUT2D eigenvalue weighted by atomic mass is 35.5. The fourth-order valence-corrected chi connectivity index (χ4v) is 4.47. The molecule has 0 fully saturated rings. The zero-order valence-electron chi connectivity index (χ0n) is 16.0. The van der Waals surface area contributed by atoms with E-state index in [9.17, 15) is 22.4 Å². The van der Waals surface area contributed by atoms with Gasteiger partial charge in [0.05, 0.1) is 11.2 Å². The molecule has 0 spiro atoms. The number of carbonyl (C=O) groups is 2. The van der Waals surface area contributed by atoms with Gasteiger partial charge in [0.1, 0.15) is 16.8 Å². The van der Waals surface area contributed by atoms with Crippen molar-refractivity contribution < 1.29 is 26.8 Å². The van der Waals surface area contributed by atoms with E-state index < -0.39 is 32.7 Å². The molecule has 1 heterocycles. The Bertz CT molecular complexity index is 1150. The molecule has 0 aliphatic heterocycles. The van der Waals surface area contributed by atoms with Gasteiger partial charge in [0, 0.05) is 18.1 Å². The van der Waals surface area contributed by atoms with Crippen LogP contribution in [0.25, 0.3) is 0 Å². The molecule has 0 bridgehead atoms. The van der Waals surface area contributed by atoms with Crippen molar-refractivity contribution in [3.8, 4) is 0 Å². The topological polar surface area (TPSA) is 105 Å². The molecule has 3 rings (SSSR count). The van der Waals surface area contributed by atoms with Crippen molar-refractivity contribution in [1.29, 1.82) is 0 Å². The Balaban J connectivity index is 1.68. The summed E-state index contributed by atoms with van der Waals surface area (Å²) in [4.78, 5) is 24.2. The first-order valence-electron chi connectivity index (χ1n) is 9.10. The van der Waals surface area contributed by atoms with E-state index in [0.29, 0.717) is 10.6 Å². The van der Waals surface area contributed by atoms with Gasteiger partial charge in [-0.15, -0.1) is 0 Å². The summed E-state index contributed by atoms with van der Waals surface area (Å²) in [6, 6.07) is 14.0. The molecule has 1 aromatic heterocycles. The lowest BCUT2D eigenvalue weighted by molar-refractivity contribution is -0.139. The van der Waals surface area contributed by atoms with Crippen LogP contribution < -0.4 is 10.6 Å². The number of amides is 2. The third-order valence-electron chi connectivity index (χ3n) is 4.40. The lowest BCUT2D eigenvalue weighted by atomic mass is 10.2. The van der Waals surface area contributed by atoms with Gasteiger partial charge in [-0.1, -0.05) is 23.7 Å². The van der Waals surface area contributed by atoms with E-state index in [1.165, 1.54) is 66.9 Å². The van der Waals surface area contributed by atoms with E-state index in [1.807, 2.05) is 0 Å². The molecule has 0 aliphatic carbocycles. The van der Waals surface area contributed by atoms with Crippen molar-refractivity contribution in [2.24, 2.45) is 0 Å². The Kier molecular flexibility index (Phi) is 7.09. The average molecular weight is 465 g/mol. The molecule has 2 aromatic carbocycles. The molecule has 0 aliphatic rings. The number of hydrogen-bond acceptors (Lipinski definition) is 5. The summed E-state index contributed by atoms with van der Waals surface area (Å²) < 4.78 is 44.3. The fourth-order valence-electron chi connectivity index (χ4n) is 2.76. The number of nitrogens with one attached hydrogen (secondary N) is 2. The van der Waals surface area contributed by atoms with Crippen LogP contribution in [0, 0.1) is 5.82 Å². The van der Waals surface area contributed by atoms with Crippen LogP contribution in [0.1, 0.15) is 16.6 Å². The molecule has 3 aromatic rings. The van der Waals surface area contributed by atoms with Crippen molar-refractivity contribution in [1.82, 2.24) is 10.6 Å². The van der Waals surface area contributed by atoms with E-state index in [2.05, 4.69) is 10.6 Å². The van der Waals surface area contributed by atoms with E-state index in [-0.39, 0.29) is 23.7 Å². The van der Waals surface area contributed by atoms with Crippen molar-refractivity contribution >= 4 is 33.3 Å². The summed E-state index contributed by atoms with van der Waals surface area (Å²) in [6.45, 7) is -0.376. The number of rotatable bonds is 7. The highest BCUT2D eigenvalue weighted by Gasteiger charge is 2.32. The highest BCUT2D eigenvalue weighted by molar-refractivity contribution is 7.91. The minimum absolute atomic E-state index is 0.00619. The van der Waals surface area contributed by atoms with E-state index in [1.54, 1.807) is 0 Å². The second-order valence-corrected chi connectivity index (χ2v) is 9.09. The molecular formula is C21H18ClFN2O5S. The van der Waals surface area contributed by atoms with E-state index >= 15 is 0 Å². The van der Waals surface area contributed by atoms with Gasteiger partial charge in [-0.25, -0.2) is 12.8 Å². The monoisotopic (exact) mass is 464 g/mol. The minimum atomic E-state index is -3.96. The second kappa shape index (κ2) is 9.76. The molecule has 1 unspecified atom stereocenters. The molecule has 2 amide bonds. The standard InChI is InChI=1S/C21H18ClFN2O5S/c22-15-5-9-17(10-6-15)31(28,29)19(18-2-1-11-30-18)13-25-21(27)20(26)24-12-14-3-7-16(23)8-4-14/h1-11,19H,12-13H2,(H,24,26)(H,25,27). The summed E-state index contributed by atoms with van der Waals surface area (Å²) in [5.41, 5.74) is 0.598. The Hall–Kier alpha value is -3.17. The Labute approximate surface area is 183 Å². The van der Waals surface area contributed by atoms with Crippen LogP contribution >= 0.6 is 11.6 Å². The van der Waals surface area contributed by atoms with Crippen LogP contribution in [-0.2, 0) is 26.0 Å². The highest BCUT2D eigenvalue weighted by Crippen LogP contribution is 2.29. The van der Waals surface area contributed by atoms with Crippen molar-refractivity contribution in [2.75, 3.05) is 6.54 Å².